The van der Waals surface area contributed by atoms with Crippen molar-refractivity contribution in [3.63, 3.8) is 0 Å². The topological polar surface area (TPSA) is 64.7 Å². The maximum Gasteiger partial charge on any atom is 0.238 e. The Kier molecular flexibility index (Phi) is 6.75. The molecule has 1 saturated heterocycles. The summed E-state index contributed by atoms with van der Waals surface area (Å²) in [5.41, 5.74) is 3.11. The Morgan fingerprint density at radius 2 is 1.62 bits per heavy atom. The summed E-state index contributed by atoms with van der Waals surface area (Å²) < 4.78 is 0. The summed E-state index contributed by atoms with van der Waals surface area (Å²) in [7, 11) is 0. The van der Waals surface area contributed by atoms with Crippen molar-refractivity contribution in [3.8, 4) is 0 Å². The first-order valence-corrected chi connectivity index (χ1v) is 8.51. The van der Waals surface area contributed by atoms with Crippen LogP contribution >= 0.6 is 0 Å². The molecule has 1 aromatic rings. The molecule has 1 fully saturated rings. The van der Waals surface area contributed by atoms with Gasteiger partial charge in [-0.3, -0.25) is 19.4 Å². The molecule has 0 radical (unpaired) electrons. The maximum atomic E-state index is 12.3. The van der Waals surface area contributed by atoms with Crippen LogP contribution in [0.2, 0.25) is 0 Å². The summed E-state index contributed by atoms with van der Waals surface area (Å²) in [5, 5.41) is 5.86. The SMILES string of the molecule is CC(=O)NCCN1CCN(CC(=O)Nc2c(C)cccc2C)CC1. The molecule has 1 aliphatic rings. The van der Waals surface area contributed by atoms with Crippen molar-refractivity contribution in [2.24, 2.45) is 0 Å². The van der Waals surface area contributed by atoms with E-state index >= 15 is 0 Å². The molecule has 6 nitrogen and oxygen atoms in total. The number of benzene rings is 1. The molecular weight excluding hydrogens is 304 g/mol. The number of hydrogen-bond acceptors (Lipinski definition) is 4. The predicted octanol–water partition coefficient (Wildman–Crippen LogP) is 0.996. The Morgan fingerprint density at radius 1 is 1.04 bits per heavy atom. The highest BCUT2D eigenvalue weighted by atomic mass is 16.2. The highest BCUT2D eigenvalue weighted by Crippen LogP contribution is 2.19. The molecule has 0 atom stereocenters. The molecule has 1 aromatic carbocycles. The monoisotopic (exact) mass is 332 g/mol. The van der Waals surface area contributed by atoms with Gasteiger partial charge in [0.2, 0.25) is 11.8 Å². The molecule has 1 heterocycles. The molecule has 2 N–H and O–H groups in total. The van der Waals surface area contributed by atoms with Crippen molar-refractivity contribution in [2.45, 2.75) is 20.8 Å². The van der Waals surface area contributed by atoms with Gasteiger partial charge in [-0.1, -0.05) is 18.2 Å². The van der Waals surface area contributed by atoms with Crippen molar-refractivity contribution >= 4 is 17.5 Å². The number of aryl methyl sites for hydroxylation is 2. The molecule has 132 valence electrons. The summed E-state index contributed by atoms with van der Waals surface area (Å²) in [5.74, 6) is 0.0518. The van der Waals surface area contributed by atoms with E-state index in [9.17, 15) is 9.59 Å². The first-order chi connectivity index (χ1) is 11.5. The number of amides is 2. The van der Waals surface area contributed by atoms with E-state index in [2.05, 4.69) is 20.4 Å². The van der Waals surface area contributed by atoms with Gasteiger partial charge in [-0.15, -0.1) is 0 Å². The minimum absolute atomic E-state index is 0.0109. The number of nitrogens with one attached hydrogen (secondary N) is 2. The number of nitrogens with zero attached hydrogens (tertiary/aromatic N) is 2. The lowest BCUT2D eigenvalue weighted by Gasteiger charge is -2.34. The van der Waals surface area contributed by atoms with Gasteiger partial charge in [-0.05, 0) is 25.0 Å². The molecule has 0 aliphatic carbocycles. The van der Waals surface area contributed by atoms with E-state index in [0.717, 1.165) is 49.5 Å². The Hall–Kier alpha value is -1.92. The van der Waals surface area contributed by atoms with Crippen molar-refractivity contribution in [3.05, 3.63) is 29.3 Å². The van der Waals surface area contributed by atoms with Crippen LogP contribution in [0.5, 0.6) is 0 Å². The van der Waals surface area contributed by atoms with Crippen LogP contribution in [0.3, 0.4) is 0 Å². The van der Waals surface area contributed by atoms with E-state index in [0.29, 0.717) is 13.1 Å². The third kappa shape index (κ3) is 5.62. The zero-order valence-corrected chi connectivity index (χ0v) is 14.9. The van der Waals surface area contributed by atoms with Crippen molar-refractivity contribution in [1.82, 2.24) is 15.1 Å². The fourth-order valence-electron chi connectivity index (χ4n) is 2.95. The van der Waals surface area contributed by atoms with Crippen molar-refractivity contribution < 1.29 is 9.59 Å². The lowest BCUT2D eigenvalue weighted by Crippen LogP contribution is -2.50. The van der Waals surface area contributed by atoms with Crippen LogP contribution in [0, 0.1) is 13.8 Å². The minimum Gasteiger partial charge on any atom is -0.355 e. The number of anilines is 1. The number of piperazine rings is 1. The summed E-state index contributed by atoms with van der Waals surface area (Å²) in [6, 6.07) is 6.02. The third-order valence-corrected chi connectivity index (χ3v) is 4.38. The van der Waals surface area contributed by atoms with Gasteiger partial charge in [-0.25, -0.2) is 0 Å². The molecule has 0 aromatic heterocycles. The molecule has 2 rings (SSSR count). The fraction of sp³-hybridized carbons (Fsp3) is 0.556. The Bertz CT molecular complexity index is 560. The van der Waals surface area contributed by atoms with Crippen LogP contribution in [0.4, 0.5) is 5.69 Å². The normalized spacial score (nSPS) is 16.0. The summed E-state index contributed by atoms with van der Waals surface area (Å²) in [6.07, 6.45) is 0. The lowest BCUT2D eigenvalue weighted by atomic mass is 10.1. The Morgan fingerprint density at radius 3 is 2.21 bits per heavy atom. The van der Waals surface area contributed by atoms with Crippen LogP contribution in [0.15, 0.2) is 18.2 Å². The molecular formula is C18H28N4O2. The van der Waals surface area contributed by atoms with Crippen LogP contribution < -0.4 is 10.6 Å². The molecule has 24 heavy (non-hydrogen) atoms. The quantitative estimate of drug-likeness (QED) is 0.816. The van der Waals surface area contributed by atoms with E-state index in [1.54, 1.807) is 0 Å². The van der Waals surface area contributed by atoms with E-state index in [1.807, 2.05) is 32.0 Å². The lowest BCUT2D eigenvalue weighted by molar-refractivity contribution is -0.119. The molecule has 0 unspecified atom stereocenters. The molecule has 6 heteroatoms. The van der Waals surface area contributed by atoms with E-state index in [1.165, 1.54) is 6.92 Å². The summed E-state index contributed by atoms with van der Waals surface area (Å²) in [6.45, 7) is 11.1. The number of rotatable bonds is 6. The average molecular weight is 332 g/mol. The second kappa shape index (κ2) is 8.80. The number of para-hydroxylation sites is 1. The zero-order valence-electron chi connectivity index (χ0n) is 14.9. The highest BCUT2D eigenvalue weighted by Gasteiger charge is 2.19. The first-order valence-electron chi connectivity index (χ1n) is 8.51. The molecule has 0 saturated carbocycles. The van der Waals surface area contributed by atoms with E-state index in [4.69, 9.17) is 0 Å². The van der Waals surface area contributed by atoms with E-state index in [-0.39, 0.29) is 11.8 Å². The third-order valence-electron chi connectivity index (χ3n) is 4.38. The van der Waals surface area contributed by atoms with Crippen LogP contribution in [-0.4, -0.2) is 67.4 Å². The van der Waals surface area contributed by atoms with Gasteiger partial charge in [-0.2, -0.15) is 0 Å². The standard InChI is InChI=1S/C18H28N4O2/c1-14-5-4-6-15(2)18(14)20-17(24)13-22-11-9-21(10-12-22)8-7-19-16(3)23/h4-6H,7-13H2,1-3H3,(H,19,23)(H,20,24). The van der Waals surface area contributed by atoms with Gasteiger partial charge in [0.15, 0.2) is 0 Å². The zero-order chi connectivity index (χ0) is 17.5. The van der Waals surface area contributed by atoms with Crippen LogP contribution in [0.25, 0.3) is 0 Å². The summed E-state index contributed by atoms with van der Waals surface area (Å²) in [4.78, 5) is 27.7. The van der Waals surface area contributed by atoms with Gasteiger partial charge in [0, 0.05) is 51.9 Å². The Labute approximate surface area is 144 Å². The smallest absolute Gasteiger partial charge is 0.238 e. The van der Waals surface area contributed by atoms with Crippen molar-refractivity contribution in [2.75, 3.05) is 51.1 Å². The maximum absolute atomic E-state index is 12.3. The second-order valence-electron chi connectivity index (χ2n) is 6.42. The first kappa shape index (κ1) is 18.4. The number of carbonyl (C=O) groups excluding carboxylic acids is 2. The molecule has 0 spiro atoms. The van der Waals surface area contributed by atoms with Crippen LogP contribution in [0.1, 0.15) is 18.1 Å². The van der Waals surface area contributed by atoms with Gasteiger partial charge in [0.05, 0.1) is 6.54 Å². The molecule has 1 aliphatic heterocycles. The largest absolute Gasteiger partial charge is 0.355 e. The molecule has 2 amide bonds. The fourth-order valence-corrected chi connectivity index (χ4v) is 2.95. The predicted molar refractivity (Wildman–Crippen MR) is 96.1 cm³/mol. The van der Waals surface area contributed by atoms with Gasteiger partial charge < -0.3 is 10.6 Å². The van der Waals surface area contributed by atoms with Gasteiger partial charge in [0.1, 0.15) is 0 Å². The van der Waals surface area contributed by atoms with Crippen molar-refractivity contribution in [1.29, 1.82) is 0 Å². The Balaban J connectivity index is 1.73. The summed E-state index contributed by atoms with van der Waals surface area (Å²) >= 11 is 0. The average Bonchev–Trinajstić information content (AvgIpc) is 2.52. The highest BCUT2D eigenvalue weighted by molar-refractivity contribution is 5.93. The number of hydrogen-bond donors (Lipinski definition) is 2. The van der Waals surface area contributed by atoms with E-state index < -0.39 is 0 Å². The van der Waals surface area contributed by atoms with Gasteiger partial charge in [0.25, 0.3) is 0 Å². The van der Waals surface area contributed by atoms with Gasteiger partial charge >= 0.3 is 0 Å². The molecule has 0 bridgehead atoms. The second-order valence-corrected chi connectivity index (χ2v) is 6.42. The van der Waals surface area contributed by atoms with Crippen LogP contribution in [-0.2, 0) is 9.59 Å². The minimum atomic E-state index is 0.0109. The number of carbonyl (C=O) groups is 2.